The summed E-state index contributed by atoms with van der Waals surface area (Å²) in [6.45, 7) is 0.736. The van der Waals surface area contributed by atoms with E-state index in [0.29, 0.717) is 17.3 Å². The van der Waals surface area contributed by atoms with Crippen LogP contribution >= 0.6 is 11.6 Å². The minimum atomic E-state index is -0.531. The van der Waals surface area contributed by atoms with E-state index >= 15 is 0 Å². The topological polar surface area (TPSA) is 108 Å². The number of hydrogen-bond acceptors (Lipinski definition) is 5. The van der Waals surface area contributed by atoms with E-state index in [1.54, 1.807) is 17.1 Å². The van der Waals surface area contributed by atoms with Crippen molar-refractivity contribution in [1.82, 2.24) is 19.6 Å². The fraction of sp³-hybridized carbons (Fsp3) is 0.188. The van der Waals surface area contributed by atoms with Gasteiger partial charge in [0.05, 0.1) is 23.4 Å². The van der Waals surface area contributed by atoms with Crippen LogP contribution < -0.4 is 5.32 Å². The van der Waals surface area contributed by atoms with Crippen LogP contribution in [-0.4, -0.2) is 30.4 Å². The van der Waals surface area contributed by atoms with Crippen molar-refractivity contribution in [3.8, 4) is 0 Å². The standard InChI is InChI=1S/C16H15ClN6O3/c17-15-4-2-1-3-12(15)9-22-10-13(7-18-22)20-16(24)5-6-21-11-14(8-19-21)23(25)26/h1-4,7-8,10-11H,5-6,9H2,(H,20,24). The Bertz CT molecular complexity index is 935. The average molecular weight is 375 g/mol. The highest BCUT2D eigenvalue weighted by Gasteiger charge is 2.10. The van der Waals surface area contributed by atoms with Gasteiger partial charge < -0.3 is 5.32 Å². The number of benzene rings is 1. The number of nitro groups is 1. The molecule has 1 amide bonds. The molecule has 3 aromatic rings. The highest BCUT2D eigenvalue weighted by atomic mass is 35.5. The largest absolute Gasteiger partial charge is 0.323 e. The SMILES string of the molecule is O=C(CCn1cc([N+](=O)[O-])cn1)Nc1cnn(Cc2ccccc2Cl)c1. The lowest BCUT2D eigenvalue weighted by molar-refractivity contribution is -0.385. The fourth-order valence-corrected chi connectivity index (χ4v) is 2.52. The Morgan fingerprint density at radius 2 is 1.96 bits per heavy atom. The van der Waals surface area contributed by atoms with Gasteiger partial charge in [0.15, 0.2) is 0 Å². The molecule has 0 fully saturated rings. The van der Waals surface area contributed by atoms with Crippen molar-refractivity contribution >= 4 is 28.9 Å². The van der Waals surface area contributed by atoms with Gasteiger partial charge in [-0.25, -0.2) is 0 Å². The van der Waals surface area contributed by atoms with Crippen molar-refractivity contribution in [3.63, 3.8) is 0 Å². The maximum atomic E-state index is 12.0. The fourth-order valence-electron chi connectivity index (χ4n) is 2.32. The molecule has 9 nitrogen and oxygen atoms in total. The van der Waals surface area contributed by atoms with Gasteiger partial charge in [-0.3, -0.25) is 24.3 Å². The number of aromatic nitrogens is 4. The number of nitrogens with zero attached hydrogens (tertiary/aromatic N) is 5. The van der Waals surface area contributed by atoms with Crippen molar-refractivity contribution in [1.29, 1.82) is 0 Å². The second kappa shape index (κ2) is 7.79. The van der Waals surface area contributed by atoms with Gasteiger partial charge in [-0.05, 0) is 11.6 Å². The summed E-state index contributed by atoms with van der Waals surface area (Å²) >= 11 is 6.12. The average Bonchev–Trinajstić information content (AvgIpc) is 3.25. The van der Waals surface area contributed by atoms with Crippen LogP contribution in [0.1, 0.15) is 12.0 Å². The van der Waals surface area contributed by atoms with Crippen LogP contribution in [-0.2, 0) is 17.9 Å². The summed E-state index contributed by atoms with van der Waals surface area (Å²) in [6, 6.07) is 7.47. The molecule has 2 aromatic heterocycles. The Morgan fingerprint density at radius 1 is 1.19 bits per heavy atom. The number of carbonyl (C=O) groups is 1. The van der Waals surface area contributed by atoms with Gasteiger partial charge in [-0.2, -0.15) is 10.2 Å². The van der Waals surface area contributed by atoms with E-state index in [1.165, 1.54) is 10.9 Å². The molecule has 10 heteroatoms. The molecule has 0 aliphatic heterocycles. The summed E-state index contributed by atoms with van der Waals surface area (Å²) in [5.41, 5.74) is 1.38. The summed E-state index contributed by atoms with van der Waals surface area (Å²) < 4.78 is 3.03. The molecule has 0 aliphatic carbocycles. The van der Waals surface area contributed by atoms with Crippen LogP contribution in [0, 0.1) is 10.1 Å². The first-order chi connectivity index (χ1) is 12.5. The Kier molecular flexibility index (Phi) is 5.28. The first kappa shape index (κ1) is 17.6. The smallest absolute Gasteiger partial charge is 0.306 e. The molecule has 0 saturated carbocycles. The van der Waals surface area contributed by atoms with Crippen molar-refractivity contribution in [2.24, 2.45) is 0 Å². The van der Waals surface area contributed by atoms with E-state index in [-0.39, 0.29) is 24.6 Å². The maximum absolute atomic E-state index is 12.0. The van der Waals surface area contributed by atoms with E-state index in [0.717, 1.165) is 11.8 Å². The summed E-state index contributed by atoms with van der Waals surface area (Å²) in [7, 11) is 0. The molecule has 0 aliphatic rings. The molecular weight excluding hydrogens is 360 g/mol. The van der Waals surface area contributed by atoms with Gasteiger partial charge in [0.2, 0.25) is 5.91 Å². The molecular formula is C16H15ClN6O3. The van der Waals surface area contributed by atoms with E-state index in [2.05, 4.69) is 15.5 Å². The third-order valence-corrected chi connectivity index (χ3v) is 3.97. The van der Waals surface area contributed by atoms with Crippen LogP contribution in [0.3, 0.4) is 0 Å². The molecule has 0 saturated heterocycles. The zero-order valence-corrected chi connectivity index (χ0v) is 14.3. The van der Waals surface area contributed by atoms with Crippen molar-refractivity contribution in [2.45, 2.75) is 19.5 Å². The highest BCUT2D eigenvalue weighted by Crippen LogP contribution is 2.17. The van der Waals surface area contributed by atoms with Crippen molar-refractivity contribution in [3.05, 3.63) is 69.8 Å². The van der Waals surface area contributed by atoms with Crippen LogP contribution in [0.15, 0.2) is 49.1 Å². The molecule has 0 atom stereocenters. The Balaban J connectivity index is 1.52. The predicted octanol–water partition coefficient (Wildman–Crippen LogP) is 2.72. The van der Waals surface area contributed by atoms with E-state index in [9.17, 15) is 14.9 Å². The second-order valence-corrected chi connectivity index (χ2v) is 5.94. The normalized spacial score (nSPS) is 10.7. The molecule has 26 heavy (non-hydrogen) atoms. The van der Waals surface area contributed by atoms with Crippen molar-refractivity contribution in [2.75, 3.05) is 5.32 Å². The van der Waals surface area contributed by atoms with Crippen LogP contribution in [0.4, 0.5) is 11.4 Å². The number of nitrogens with one attached hydrogen (secondary N) is 1. The zero-order valence-electron chi connectivity index (χ0n) is 13.6. The maximum Gasteiger partial charge on any atom is 0.306 e. The third kappa shape index (κ3) is 4.45. The van der Waals surface area contributed by atoms with Gasteiger partial charge >= 0.3 is 5.69 Å². The second-order valence-electron chi connectivity index (χ2n) is 5.53. The van der Waals surface area contributed by atoms with Gasteiger partial charge in [0, 0.05) is 24.2 Å². The monoisotopic (exact) mass is 374 g/mol. The molecule has 0 spiro atoms. The number of amides is 1. The predicted molar refractivity (Wildman–Crippen MR) is 94.9 cm³/mol. The van der Waals surface area contributed by atoms with Crippen LogP contribution in [0.25, 0.3) is 0 Å². The molecule has 1 aromatic carbocycles. The Hall–Kier alpha value is -3.20. The molecule has 0 radical (unpaired) electrons. The number of halogens is 1. The van der Waals surface area contributed by atoms with Gasteiger partial charge in [0.25, 0.3) is 0 Å². The van der Waals surface area contributed by atoms with E-state index < -0.39 is 4.92 Å². The van der Waals surface area contributed by atoms with Gasteiger partial charge in [0.1, 0.15) is 12.4 Å². The lowest BCUT2D eigenvalue weighted by Gasteiger charge is -2.04. The number of rotatable bonds is 7. The Morgan fingerprint density at radius 3 is 2.69 bits per heavy atom. The number of hydrogen-bond donors (Lipinski definition) is 1. The van der Waals surface area contributed by atoms with Crippen molar-refractivity contribution < 1.29 is 9.72 Å². The van der Waals surface area contributed by atoms with E-state index in [1.807, 2.05) is 24.3 Å². The van der Waals surface area contributed by atoms with Crippen LogP contribution in [0.5, 0.6) is 0 Å². The zero-order chi connectivity index (χ0) is 18.5. The number of anilines is 1. The molecule has 3 rings (SSSR count). The molecule has 1 N–H and O–H groups in total. The lowest BCUT2D eigenvalue weighted by atomic mass is 10.2. The quantitative estimate of drug-likeness (QED) is 0.505. The summed E-state index contributed by atoms with van der Waals surface area (Å²) in [4.78, 5) is 22.1. The van der Waals surface area contributed by atoms with Gasteiger partial charge in [-0.1, -0.05) is 29.8 Å². The molecule has 134 valence electrons. The summed E-state index contributed by atoms with van der Waals surface area (Å²) in [5, 5.41) is 22.0. The molecule has 0 bridgehead atoms. The Labute approximate surface area is 153 Å². The minimum Gasteiger partial charge on any atom is -0.323 e. The summed E-state index contributed by atoms with van der Waals surface area (Å²) in [5.74, 6) is -0.236. The van der Waals surface area contributed by atoms with E-state index in [4.69, 9.17) is 11.6 Å². The summed E-state index contributed by atoms with van der Waals surface area (Å²) in [6.07, 6.45) is 5.83. The first-order valence-electron chi connectivity index (χ1n) is 7.74. The van der Waals surface area contributed by atoms with Gasteiger partial charge in [-0.15, -0.1) is 0 Å². The molecule has 2 heterocycles. The molecule has 0 unspecified atom stereocenters. The minimum absolute atomic E-state index is 0.105. The first-order valence-corrected chi connectivity index (χ1v) is 8.11. The van der Waals surface area contributed by atoms with Crippen LogP contribution in [0.2, 0.25) is 5.02 Å². The lowest BCUT2D eigenvalue weighted by Crippen LogP contribution is -2.14. The highest BCUT2D eigenvalue weighted by molar-refractivity contribution is 6.31. The number of aryl methyl sites for hydroxylation is 1. The third-order valence-electron chi connectivity index (χ3n) is 3.61. The number of carbonyl (C=O) groups excluding carboxylic acids is 1.